The molecule has 0 heterocycles. The Hall–Kier alpha value is -0.370. The number of amidine groups is 1. The summed E-state index contributed by atoms with van der Waals surface area (Å²) >= 11 is 15.9. The van der Waals surface area contributed by atoms with Gasteiger partial charge in [0.2, 0.25) is 9.99 Å². The van der Waals surface area contributed by atoms with Gasteiger partial charge in [0.15, 0.2) is 0 Å². The summed E-state index contributed by atoms with van der Waals surface area (Å²) in [5, 5.41) is 7.97. The minimum Gasteiger partial charge on any atom is -0.460 e. The van der Waals surface area contributed by atoms with E-state index in [-0.39, 0.29) is 12.6 Å². The van der Waals surface area contributed by atoms with Crippen LogP contribution in [0.2, 0.25) is 0 Å². The third-order valence-electron chi connectivity index (χ3n) is 0.544. The maximum absolute atomic E-state index is 7.97. The molecule has 0 fully saturated rings. The third kappa shape index (κ3) is 7.53. The Morgan fingerprint density at radius 1 is 1.64 bits per heavy atom. The lowest BCUT2D eigenvalue weighted by Crippen LogP contribution is -2.22. The Labute approximate surface area is 78.5 Å². The molecule has 0 aromatic carbocycles. The van der Waals surface area contributed by atoms with Gasteiger partial charge in [0.25, 0.3) is 6.02 Å². The van der Waals surface area contributed by atoms with E-state index in [1.165, 1.54) is 6.19 Å². The van der Waals surface area contributed by atoms with Gasteiger partial charge in [-0.25, -0.2) is 0 Å². The zero-order valence-corrected chi connectivity index (χ0v) is 7.49. The predicted molar refractivity (Wildman–Crippen MR) is 43.5 cm³/mol. The number of nitrogens with two attached hydrogens (primary N) is 1. The van der Waals surface area contributed by atoms with Gasteiger partial charge >= 0.3 is 0 Å². The van der Waals surface area contributed by atoms with Crippen molar-refractivity contribution >= 4 is 40.8 Å². The van der Waals surface area contributed by atoms with E-state index >= 15 is 0 Å². The van der Waals surface area contributed by atoms with E-state index in [2.05, 4.69) is 9.73 Å². The summed E-state index contributed by atoms with van der Waals surface area (Å²) in [6.07, 6.45) is 1.41. The second kappa shape index (κ2) is 4.50. The smallest absolute Gasteiger partial charge is 0.297 e. The number of alkyl halides is 3. The lowest BCUT2D eigenvalue weighted by molar-refractivity contribution is 0.308. The van der Waals surface area contributed by atoms with Crippen LogP contribution in [0.1, 0.15) is 0 Å². The van der Waals surface area contributed by atoms with Crippen LogP contribution in [0.5, 0.6) is 0 Å². The Morgan fingerprint density at radius 3 is 2.55 bits per heavy atom. The van der Waals surface area contributed by atoms with E-state index < -0.39 is 3.79 Å². The summed E-state index contributed by atoms with van der Waals surface area (Å²) in [6.45, 7) is -0.241. The van der Waals surface area contributed by atoms with Crippen LogP contribution in [-0.4, -0.2) is 16.4 Å². The molecule has 0 radical (unpaired) electrons. The number of hydrogen-bond acceptors (Lipinski definition) is 3. The van der Waals surface area contributed by atoms with Crippen LogP contribution in [0.4, 0.5) is 0 Å². The fourth-order valence-corrected chi connectivity index (χ4v) is 0.401. The van der Waals surface area contributed by atoms with Gasteiger partial charge in [0, 0.05) is 0 Å². The molecule has 7 heteroatoms. The normalized spacial score (nSPS) is 12.4. The van der Waals surface area contributed by atoms with Gasteiger partial charge < -0.3 is 10.5 Å². The second-order valence-corrected chi connectivity index (χ2v) is 3.97. The van der Waals surface area contributed by atoms with Gasteiger partial charge in [0.05, 0.1) is 0 Å². The zero-order valence-electron chi connectivity index (χ0n) is 5.22. The lowest BCUT2D eigenvalue weighted by Gasteiger charge is -2.10. The molecule has 0 aliphatic rings. The second-order valence-electron chi connectivity index (χ2n) is 1.45. The molecule has 0 atom stereocenters. The molecule has 0 aromatic rings. The highest BCUT2D eigenvalue weighted by atomic mass is 35.6. The van der Waals surface area contributed by atoms with E-state index in [1.54, 1.807) is 0 Å². The maximum atomic E-state index is 7.97. The van der Waals surface area contributed by atoms with Crippen molar-refractivity contribution in [1.82, 2.24) is 0 Å². The Morgan fingerprint density at radius 2 is 2.18 bits per heavy atom. The van der Waals surface area contributed by atoms with Crippen LogP contribution in [0, 0.1) is 11.5 Å². The highest BCUT2D eigenvalue weighted by molar-refractivity contribution is 6.67. The molecule has 0 spiro atoms. The minimum absolute atomic E-state index is 0.241. The highest BCUT2D eigenvalue weighted by Gasteiger charge is 2.20. The van der Waals surface area contributed by atoms with Crippen LogP contribution in [-0.2, 0) is 4.74 Å². The van der Waals surface area contributed by atoms with Crippen molar-refractivity contribution in [3.63, 3.8) is 0 Å². The first kappa shape index (κ1) is 10.6. The molecule has 2 N–H and O–H groups in total. The predicted octanol–water partition coefficient (Wildman–Crippen LogP) is 1.17. The van der Waals surface area contributed by atoms with Crippen molar-refractivity contribution in [3.05, 3.63) is 0 Å². The largest absolute Gasteiger partial charge is 0.460 e. The average Bonchev–Trinajstić information content (AvgIpc) is 1.83. The first-order valence-corrected chi connectivity index (χ1v) is 3.51. The summed E-state index contributed by atoms with van der Waals surface area (Å²) in [5.74, 6) is 0. The SMILES string of the molecule is N#CN=C(N)OCC(Cl)(Cl)Cl. The number of ether oxygens (including phenoxy) is 1. The summed E-state index contributed by atoms with van der Waals surface area (Å²) in [5.41, 5.74) is 5.02. The molecule has 0 saturated carbocycles. The Bertz CT molecular complexity index is 192. The van der Waals surface area contributed by atoms with Gasteiger partial charge in [-0.3, -0.25) is 0 Å². The molecular weight excluding hydrogens is 212 g/mol. The quantitative estimate of drug-likeness (QED) is 0.309. The van der Waals surface area contributed by atoms with Crippen molar-refractivity contribution in [3.8, 4) is 6.19 Å². The standard InChI is InChI=1S/C4H4Cl3N3O/c5-4(6,7)1-11-3(9)10-2-8/h1H2,(H2,9,10). The van der Waals surface area contributed by atoms with Crippen LogP contribution < -0.4 is 5.73 Å². The molecular formula is C4H4Cl3N3O. The molecule has 0 aliphatic carbocycles. The van der Waals surface area contributed by atoms with Crippen molar-refractivity contribution in [1.29, 1.82) is 5.26 Å². The summed E-state index contributed by atoms with van der Waals surface area (Å²) in [4.78, 5) is 3.03. The van der Waals surface area contributed by atoms with E-state index in [0.29, 0.717) is 0 Å². The van der Waals surface area contributed by atoms with Gasteiger partial charge in [-0.2, -0.15) is 5.26 Å². The van der Waals surface area contributed by atoms with Crippen LogP contribution in [0.15, 0.2) is 4.99 Å². The summed E-state index contributed by atoms with van der Waals surface area (Å²) in [6, 6.07) is -0.321. The Kier molecular flexibility index (Phi) is 4.34. The van der Waals surface area contributed by atoms with Crippen molar-refractivity contribution in [2.75, 3.05) is 6.61 Å². The maximum Gasteiger partial charge on any atom is 0.297 e. The Balaban J connectivity index is 3.74. The number of halogens is 3. The highest BCUT2D eigenvalue weighted by Crippen LogP contribution is 2.25. The minimum atomic E-state index is -1.55. The first-order valence-electron chi connectivity index (χ1n) is 2.37. The number of nitrogens with zero attached hydrogens (tertiary/aromatic N) is 2. The molecule has 0 bridgehead atoms. The fraction of sp³-hybridized carbons (Fsp3) is 0.500. The molecule has 62 valence electrons. The first-order chi connectivity index (χ1) is 4.95. The molecule has 0 aliphatic heterocycles. The molecule has 0 rings (SSSR count). The van der Waals surface area contributed by atoms with E-state index in [0.717, 1.165) is 0 Å². The van der Waals surface area contributed by atoms with E-state index in [4.69, 9.17) is 45.8 Å². The number of aliphatic imine (C=N–C) groups is 1. The van der Waals surface area contributed by atoms with Crippen LogP contribution >= 0.6 is 34.8 Å². The van der Waals surface area contributed by atoms with Crippen molar-refractivity contribution in [2.24, 2.45) is 10.7 Å². The number of rotatable bonds is 1. The summed E-state index contributed by atoms with van der Waals surface area (Å²) < 4.78 is 3.01. The molecule has 4 nitrogen and oxygen atoms in total. The van der Waals surface area contributed by atoms with E-state index in [9.17, 15) is 0 Å². The van der Waals surface area contributed by atoms with Gasteiger partial charge in [-0.15, -0.1) is 4.99 Å². The number of nitriles is 1. The molecule has 11 heavy (non-hydrogen) atoms. The van der Waals surface area contributed by atoms with Gasteiger partial charge in [0.1, 0.15) is 6.61 Å². The fourth-order valence-electron chi connectivity index (χ4n) is 0.237. The summed E-state index contributed by atoms with van der Waals surface area (Å²) in [7, 11) is 0. The van der Waals surface area contributed by atoms with Crippen LogP contribution in [0.3, 0.4) is 0 Å². The average molecular weight is 216 g/mol. The number of hydrogen-bond donors (Lipinski definition) is 1. The third-order valence-corrected chi connectivity index (χ3v) is 0.871. The van der Waals surface area contributed by atoms with Crippen molar-refractivity contribution < 1.29 is 4.74 Å². The van der Waals surface area contributed by atoms with Gasteiger partial charge in [-0.05, 0) is 0 Å². The zero-order chi connectivity index (χ0) is 8.91. The lowest BCUT2D eigenvalue weighted by atomic mass is 10.8. The topological polar surface area (TPSA) is 71.4 Å². The molecule has 0 saturated heterocycles. The molecule has 0 amide bonds. The van der Waals surface area contributed by atoms with E-state index in [1.807, 2.05) is 0 Å². The van der Waals surface area contributed by atoms with Crippen molar-refractivity contribution in [2.45, 2.75) is 3.79 Å². The molecule has 0 aromatic heterocycles. The monoisotopic (exact) mass is 215 g/mol. The molecule has 0 unspecified atom stereocenters. The van der Waals surface area contributed by atoms with Gasteiger partial charge in [-0.1, -0.05) is 34.8 Å². The van der Waals surface area contributed by atoms with Crippen LogP contribution in [0.25, 0.3) is 0 Å².